The van der Waals surface area contributed by atoms with Gasteiger partial charge in [-0.25, -0.2) is 19.4 Å². The van der Waals surface area contributed by atoms with Crippen molar-refractivity contribution in [3.63, 3.8) is 0 Å². The number of aromatic nitrogens is 4. The number of rotatable bonds is 7. The quantitative estimate of drug-likeness (QED) is 0.675. The number of carbonyl (C=O) groups excluding carboxylic acids is 1. The minimum Gasteiger partial charge on any atom is -0.481 e. The van der Waals surface area contributed by atoms with Gasteiger partial charge in [0.15, 0.2) is 0 Å². The average molecular weight is 352 g/mol. The summed E-state index contributed by atoms with van der Waals surface area (Å²) in [5, 5.41) is 9.71. The van der Waals surface area contributed by atoms with E-state index in [9.17, 15) is 4.79 Å². The van der Waals surface area contributed by atoms with Crippen LogP contribution < -0.4 is 15.4 Å². The van der Waals surface area contributed by atoms with Crippen LogP contribution in [0.5, 0.6) is 5.88 Å². The van der Waals surface area contributed by atoms with Crippen molar-refractivity contribution in [2.24, 2.45) is 0 Å². The number of pyridine rings is 1. The smallest absolute Gasteiger partial charge is 0.315 e. The molecular formula is C18H20N6O2. The first-order valence-corrected chi connectivity index (χ1v) is 8.14. The number of hydrogen-bond donors (Lipinski definition) is 2. The summed E-state index contributed by atoms with van der Waals surface area (Å²) < 4.78 is 6.76. The fourth-order valence-corrected chi connectivity index (χ4v) is 2.33. The Morgan fingerprint density at radius 2 is 1.73 bits per heavy atom. The highest BCUT2D eigenvalue weighted by Crippen LogP contribution is 2.07. The molecule has 0 saturated heterocycles. The lowest BCUT2D eigenvalue weighted by Gasteiger charge is -2.09. The Labute approximate surface area is 151 Å². The first kappa shape index (κ1) is 17.4. The molecule has 0 atom stereocenters. The normalized spacial score (nSPS) is 10.3. The molecule has 8 heteroatoms. The number of benzene rings is 1. The van der Waals surface area contributed by atoms with E-state index in [1.807, 2.05) is 30.3 Å². The van der Waals surface area contributed by atoms with Crippen LogP contribution in [0.15, 0.2) is 55.2 Å². The molecule has 3 rings (SSSR count). The summed E-state index contributed by atoms with van der Waals surface area (Å²) in [5.74, 6) is 0.547. The van der Waals surface area contributed by atoms with E-state index in [1.165, 1.54) is 6.33 Å². The van der Waals surface area contributed by atoms with Crippen LogP contribution in [-0.4, -0.2) is 32.9 Å². The highest BCUT2D eigenvalue weighted by atomic mass is 16.5. The second-order valence-corrected chi connectivity index (χ2v) is 5.65. The first-order chi connectivity index (χ1) is 12.7. The van der Waals surface area contributed by atoms with Crippen LogP contribution >= 0.6 is 0 Å². The second kappa shape index (κ2) is 8.61. The number of carbonyl (C=O) groups is 1. The lowest BCUT2D eigenvalue weighted by Crippen LogP contribution is -2.34. The van der Waals surface area contributed by atoms with Crippen molar-refractivity contribution in [1.29, 1.82) is 0 Å². The average Bonchev–Trinajstić information content (AvgIpc) is 3.19. The van der Waals surface area contributed by atoms with Crippen molar-refractivity contribution in [1.82, 2.24) is 30.4 Å². The molecule has 8 nitrogen and oxygen atoms in total. The molecule has 134 valence electrons. The largest absolute Gasteiger partial charge is 0.481 e. The summed E-state index contributed by atoms with van der Waals surface area (Å²) in [6.45, 7) is 1.53. The third-order valence-corrected chi connectivity index (χ3v) is 3.75. The van der Waals surface area contributed by atoms with Crippen LogP contribution in [0.4, 0.5) is 4.79 Å². The summed E-state index contributed by atoms with van der Waals surface area (Å²) in [5.41, 5.74) is 3.04. The van der Waals surface area contributed by atoms with Gasteiger partial charge in [0.2, 0.25) is 5.88 Å². The van der Waals surface area contributed by atoms with E-state index in [4.69, 9.17) is 4.74 Å². The Bertz CT molecular complexity index is 816. The maximum absolute atomic E-state index is 11.9. The third-order valence-electron chi connectivity index (χ3n) is 3.75. The molecule has 0 bridgehead atoms. The Morgan fingerprint density at radius 3 is 2.35 bits per heavy atom. The highest BCUT2D eigenvalue weighted by Gasteiger charge is 2.02. The number of ether oxygens (including phenoxy) is 1. The third kappa shape index (κ3) is 5.04. The van der Waals surface area contributed by atoms with E-state index in [1.54, 1.807) is 30.4 Å². The zero-order chi connectivity index (χ0) is 18.2. The molecule has 1 aromatic carbocycles. The van der Waals surface area contributed by atoms with Crippen molar-refractivity contribution in [3.05, 3.63) is 71.9 Å². The van der Waals surface area contributed by atoms with E-state index in [0.717, 1.165) is 16.7 Å². The molecule has 0 spiro atoms. The maximum atomic E-state index is 11.9. The second-order valence-electron chi connectivity index (χ2n) is 5.65. The number of urea groups is 1. The molecule has 2 amide bonds. The molecule has 0 unspecified atom stereocenters. The van der Waals surface area contributed by atoms with Crippen molar-refractivity contribution in [2.45, 2.75) is 19.6 Å². The molecule has 26 heavy (non-hydrogen) atoms. The zero-order valence-electron chi connectivity index (χ0n) is 14.4. The van der Waals surface area contributed by atoms with Crippen LogP contribution in [0.1, 0.15) is 16.7 Å². The predicted molar refractivity (Wildman–Crippen MR) is 95.4 cm³/mol. The van der Waals surface area contributed by atoms with Crippen molar-refractivity contribution in [3.8, 4) is 5.88 Å². The lowest BCUT2D eigenvalue weighted by atomic mass is 10.1. The molecule has 0 radical (unpaired) electrons. The van der Waals surface area contributed by atoms with Crippen molar-refractivity contribution < 1.29 is 9.53 Å². The fourth-order valence-electron chi connectivity index (χ4n) is 2.33. The monoisotopic (exact) mass is 352 g/mol. The van der Waals surface area contributed by atoms with Gasteiger partial charge >= 0.3 is 6.03 Å². The van der Waals surface area contributed by atoms with Gasteiger partial charge in [0.05, 0.1) is 13.7 Å². The van der Waals surface area contributed by atoms with Gasteiger partial charge in [-0.2, -0.15) is 5.10 Å². The lowest BCUT2D eigenvalue weighted by molar-refractivity contribution is 0.240. The molecule has 0 aliphatic carbocycles. The molecule has 0 fully saturated rings. The minimum absolute atomic E-state index is 0.229. The number of nitrogens with one attached hydrogen (secondary N) is 2. The van der Waals surface area contributed by atoms with Gasteiger partial charge < -0.3 is 15.4 Å². The van der Waals surface area contributed by atoms with Gasteiger partial charge in [-0.05, 0) is 16.7 Å². The van der Waals surface area contributed by atoms with Crippen LogP contribution in [0.25, 0.3) is 0 Å². The molecule has 3 aromatic rings. The van der Waals surface area contributed by atoms with Gasteiger partial charge in [0.1, 0.15) is 12.7 Å². The molecule has 0 aliphatic rings. The molecular weight excluding hydrogens is 332 g/mol. The summed E-state index contributed by atoms with van der Waals surface area (Å²) in [7, 11) is 1.56. The highest BCUT2D eigenvalue weighted by molar-refractivity contribution is 5.73. The Balaban J connectivity index is 1.42. The van der Waals surface area contributed by atoms with Crippen LogP contribution in [0, 0.1) is 0 Å². The summed E-state index contributed by atoms with van der Waals surface area (Å²) in [4.78, 5) is 19.9. The van der Waals surface area contributed by atoms with E-state index >= 15 is 0 Å². The standard InChI is InChI=1S/C18H20N6O2/c1-26-17-7-6-16(9-20-17)10-22-18(25)21-8-14-2-4-15(5-3-14)11-24-13-19-12-23-24/h2-7,9,12-13H,8,10-11H2,1H3,(H2,21,22,25). The van der Waals surface area contributed by atoms with Gasteiger partial charge in [-0.3, -0.25) is 0 Å². The number of amides is 2. The summed E-state index contributed by atoms with van der Waals surface area (Å²) in [6.07, 6.45) is 4.87. The van der Waals surface area contributed by atoms with Crippen molar-refractivity contribution in [2.75, 3.05) is 7.11 Å². The van der Waals surface area contributed by atoms with Gasteiger partial charge in [-0.15, -0.1) is 0 Å². The maximum Gasteiger partial charge on any atom is 0.315 e. The number of hydrogen-bond acceptors (Lipinski definition) is 5. The SMILES string of the molecule is COc1ccc(CNC(=O)NCc2ccc(Cn3cncn3)cc2)cn1. The molecule has 0 saturated carbocycles. The van der Waals surface area contributed by atoms with Crippen LogP contribution in [0.2, 0.25) is 0 Å². The van der Waals surface area contributed by atoms with Gasteiger partial charge in [-0.1, -0.05) is 30.3 Å². The van der Waals surface area contributed by atoms with Gasteiger partial charge in [0, 0.05) is 25.4 Å². The minimum atomic E-state index is -0.229. The van der Waals surface area contributed by atoms with E-state index in [0.29, 0.717) is 25.5 Å². The summed E-state index contributed by atoms with van der Waals surface area (Å²) in [6, 6.07) is 11.4. The zero-order valence-corrected chi connectivity index (χ0v) is 14.4. The Kier molecular flexibility index (Phi) is 5.76. The van der Waals surface area contributed by atoms with E-state index in [2.05, 4.69) is 25.7 Å². The van der Waals surface area contributed by atoms with Crippen LogP contribution in [-0.2, 0) is 19.6 Å². The molecule has 2 heterocycles. The molecule has 2 aromatic heterocycles. The topological polar surface area (TPSA) is 94.0 Å². The van der Waals surface area contributed by atoms with Crippen molar-refractivity contribution >= 4 is 6.03 Å². The predicted octanol–water partition coefficient (Wildman–Crippen LogP) is 1.73. The first-order valence-electron chi connectivity index (χ1n) is 8.14. The van der Waals surface area contributed by atoms with E-state index < -0.39 is 0 Å². The number of methoxy groups -OCH3 is 1. The fraction of sp³-hybridized carbons (Fsp3) is 0.222. The van der Waals surface area contributed by atoms with Gasteiger partial charge in [0.25, 0.3) is 0 Å². The molecule has 2 N–H and O–H groups in total. The summed E-state index contributed by atoms with van der Waals surface area (Å²) >= 11 is 0. The Morgan fingerprint density at radius 1 is 1.04 bits per heavy atom. The number of nitrogens with zero attached hydrogens (tertiary/aromatic N) is 4. The van der Waals surface area contributed by atoms with Crippen LogP contribution in [0.3, 0.4) is 0 Å². The Hall–Kier alpha value is -3.42. The van der Waals surface area contributed by atoms with E-state index in [-0.39, 0.29) is 6.03 Å². The molecule has 0 aliphatic heterocycles.